The lowest BCUT2D eigenvalue weighted by Crippen LogP contribution is -2.28. The molecule has 0 amide bonds. The Morgan fingerprint density at radius 2 is 1.78 bits per heavy atom. The molecular weight excluding hydrogens is 460 g/mol. The van der Waals surface area contributed by atoms with Crippen molar-refractivity contribution in [2.75, 3.05) is 14.2 Å². The zero-order chi connectivity index (χ0) is 24.9. The number of methoxy groups -OCH3 is 2. The fourth-order valence-electron chi connectivity index (χ4n) is 4.16. The zero-order valence-electron chi connectivity index (χ0n) is 20.0. The van der Waals surface area contributed by atoms with Crippen molar-refractivity contribution in [3.8, 4) is 11.5 Å². The molecule has 0 radical (unpaired) electrons. The highest BCUT2D eigenvalue weighted by molar-refractivity contribution is 5.83. The van der Waals surface area contributed by atoms with E-state index in [-0.39, 0.29) is 5.56 Å². The number of nitrogens with zero attached hydrogens (tertiary/aromatic N) is 5. The minimum absolute atomic E-state index is 0.164. The Kier molecular flexibility index (Phi) is 6.76. The van der Waals surface area contributed by atoms with Crippen molar-refractivity contribution < 1.29 is 13.9 Å². The summed E-state index contributed by atoms with van der Waals surface area (Å²) in [6.07, 6.45) is 1.62. The van der Waals surface area contributed by atoms with Gasteiger partial charge in [-0.2, -0.15) is 0 Å². The number of aromatic amines is 1. The van der Waals surface area contributed by atoms with Crippen molar-refractivity contribution in [3.05, 3.63) is 100.0 Å². The number of hydrogen-bond acceptors (Lipinski definition) is 8. The molecule has 184 valence electrons. The Labute approximate surface area is 207 Å². The Bertz CT molecular complexity index is 1490. The Balaban J connectivity index is 1.46. The maximum Gasteiger partial charge on any atom is 0.252 e. The van der Waals surface area contributed by atoms with E-state index in [0.29, 0.717) is 54.6 Å². The topological polar surface area (TPSA) is 111 Å². The smallest absolute Gasteiger partial charge is 0.252 e. The van der Waals surface area contributed by atoms with Crippen molar-refractivity contribution in [2.45, 2.75) is 26.2 Å². The standard InChI is InChI=1S/C26H26N6O4/c1-34-23-12-19-11-20(26(33)27-22(19)13-24(23)35-2)15-31(14-18-7-4-3-5-8-18)17-25-28-29-30-32(25)16-21-9-6-10-36-21/h3-13H,14-17H2,1-2H3,(H,27,33). The second kappa shape index (κ2) is 10.4. The van der Waals surface area contributed by atoms with E-state index < -0.39 is 0 Å². The van der Waals surface area contributed by atoms with E-state index in [1.807, 2.05) is 42.5 Å². The Morgan fingerprint density at radius 3 is 2.53 bits per heavy atom. The lowest BCUT2D eigenvalue weighted by atomic mass is 10.1. The van der Waals surface area contributed by atoms with Gasteiger partial charge in [0, 0.05) is 30.1 Å². The number of H-pyrrole nitrogens is 1. The lowest BCUT2D eigenvalue weighted by molar-refractivity contribution is 0.235. The third-order valence-corrected chi connectivity index (χ3v) is 5.93. The average molecular weight is 487 g/mol. The summed E-state index contributed by atoms with van der Waals surface area (Å²) in [4.78, 5) is 18.2. The van der Waals surface area contributed by atoms with Crippen LogP contribution in [-0.4, -0.2) is 44.3 Å². The monoisotopic (exact) mass is 486 g/mol. The largest absolute Gasteiger partial charge is 0.493 e. The van der Waals surface area contributed by atoms with Crippen LogP contribution in [-0.2, 0) is 26.2 Å². The number of pyridine rings is 1. The number of hydrogen-bond donors (Lipinski definition) is 1. The number of rotatable bonds is 10. The number of ether oxygens (including phenoxy) is 2. The number of tetrazole rings is 1. The van der Waals surface area contributed by atoms with Gasteiger partial charge in [-0.15, -0.1) is 5.10 Å². The molecule has 0 aliphatic heterocycles. The molecule has 10 heteroatoms. The van der Waals surface area contributed by atoms with Crippen LogP contribution in [0.25, 0.3) is 10.9 Å². The van der Waals surface area contributed by atoms with Crippen molar-refractivity contribution in [3.63, 3.8) is 0 Å². The predicted octanol–water partition coefficient (Wildman–Crippen LogP) is 3.38. The highest BCUT2D eigenvalue weighted by Crippen LogP contribution is 2.31. The number of fused-ring (bicyclic) bond motifs is 1. The first-order chi connectivity index (χ1) is 17.6. The highest BCUT2D eigenvalue weighted by atomic mass is 16.5. The van der Waals surface area contributed by atoms with Gasteiger partial charge in [-0.3, -0.25) is 9.69 Å². The van der Waals surface area contributed by atoms with Gasteiger partial charge in [0.15, 0.2) is 17.3 Å². The van der Waals surface area contributed by atoms with E-state index >= 15 is 0 Å². The summed E-state index contributed by atoms with van der Waals surface area (Å²) >= 11 is 0. The molecule has 0 atom stereocenters. The molecule has 0 fully saturated rings. The lowest BCUT2D eigenvalue weighted by Gasteiger charge is -2.22. The van der Waals surface area contributed by atoms with E-state index in [0.717, 1.165) is 16.7 Å². The summed E-state index contributed by atoms with van der Waals surface area (Å²) in [7, 11) is 3.15. The molecule has 5 aromatic rings. The second-order valence-electron chi connectivity index (χ2n) is 8.38. The van der Waals surface area contributed by atoms with Crippen LogP contribution in [0.2, 0.25) is 0 Å². The maximum absolute atomic E-state index is 13.0. The van der Waals surface area contributed by atoms with Gasteiger partial charge in [0.2, 0.25) is 0 Å². The molecule has 36 heavy (non-hydrogen) atoms. The number of aromatic nitrogens is 5. The normalized spacial score (nSPS) is 11.3. The van der Waals surface area contributed by atoms with Gasteiger partial charge in [0.25, 0.3) is 5.56 Å². The predicted molar refractivity (Wildman–Crippen MR) is 133 cm³/mol. The summed E-state index contributed by atoms with van der Waals surface area (Å²) in [5, 5.41) is 13.1. The van der Waals surface area contributed by atoms with E-state index in [9.17, 15) is 4.79 Å². The number of furan rings is 1. The van der Waals surface area contributed by atoms with E-state index in [4.69, 9.17) is 13.9 Å². The van der Waals surface area contributed by atoms with Crippen LogP contribution in [0.3, 0.4) is 0 Å². The van der Waals surface area contributed by atoms with Gasteiger partial charge in [-0.25, -0.2) is 4.68 Å². The number of benzene rings is 2. The van der Waals surface area contributed by atoms with Crippen LogP contribution in [0.4, 0.5) is 0 Å². The van der Waals surface area contributed by atoms with Gasteiger partial charge >= 0.3 is 0 Å². The summed E-state index contributed by atoms with van der Waals surface area (Å²) in [5.74, 6) is 2.59. The fourth-order valence-corrected chi connectivity index (χ4v) is 4.16. The van der Waals surface area contributed by atoms with Crippen molar-refractivity contribution in [1.82, 2.24) is 30.1 Å². The molecule has 0 saturated heterocycles. The van der Waals surface area contributed by atoms with Gasteiger partial charge in [0.1, 0.15) is 12.3 Å². The first kappa shape index (κ1) is 23.3. The third-order valence-electron chi connectivity index (χ3n) is 5.93. The molecule has 0 aliphatic rings. The van der Waals surface area contributed by atoms with Crippen molar-refractivity contribution in [2.24, 2.45) is 0 Å². The number of nitrogens with one attached hydrogen (secondary N) is 1. The molecule has 3 heterocycles. The SMILES string of the molecule is COc1cc2cc(CN(Cc3ccccc3)Cc3nnnn3Cc3ccco3)c(=O)[nH]c2cc1OC. The van der Waals surface area contributed by atoms with E-state index in [2.05, 4.69) is 37.5 Å². The van der Waals surface area contributed by atoms with Crippen LogP contribution in [0.15, 0.2) is 76.1 Å². The first-order valence-electron chi connectivity index (χ1n) is 11.4. The van der Waals surface area contributed by atoms with Gasteiger partial charge < -0.3 is 18.9 Å². The second-order valence-corrected chi connectivity index (χ2v) is 8.38. The molecule has 0 unspecified atom stereocenters. The minimum atomic E-state index is -0.164. The van der Waals surface area contributed by atoms with Gasteiger partial charge in [-0.1, -0.05) is 30.3 Å². The summed E-state index contributed by atoms with van der Waals surface area (Å²) in [5.41, 5.74) is 2.25. The summed E-state index contributed by atoms with van der Waals surface area (Å²) in [6.45, 7) is 1.86. The summed E-state index contributed by atoms with van der Waals surface area (Å²) < 4.78 is 18.0. The molecule has 0 spiro atoms. The molecular formula is C26H26N6O4. The Hall–Kier alpha value is -4.44. The fraction of sp³-hybridized carbons (Fsp3) is 0.231. The minimum Gasteiger partial charge on any atom is -0.493 e. The molecule has 1 N–H and O–H groups in total. The molecule has 3 aromatic heterocycles. The molecule has 0 aliphatic carbocycles. The van der Waals surface area contributed by atoms with Gasteiger partial charge in [0.05, 0.1) is 32.5 Å². The highest BCUT2D eigenvalue weighted by Gasteiger charge is 2.17. The molecule has 10 nitrogen and oxygen atoms in total. The maximum atomic E-state index is 13.0. The molecule has 2 aromatic carbocycles. The molecule has 5 rings (SSSR count). The zero-order valence-corrected chi connectivity index (χ0v) is 20.0. The third kappa shape index (κ3) is 5.13. The van der Waals surface area contributed by atoms with Gasteiger partial charge in [-0.05, 0) is 40.3 Å². The van der Waals surface area contributed by atoms with Crippen LogP contribution < -0.4 is 15.0 Å². The van der Waals surface area contributed by atoms with Crippen molar-refractivity contribution in [1.29, 1.82) is 0 Å². The van der Waals surface area contributed by atoms with Crippen LogP contribution >= 0.6 is 0 Å². The van der Waals surface area contributed by atoms with Crippen molar-refractivity contribution >= 4 is 10.9 Å². The Morgan fingerprint density at radius 1 is 0.972 bits per heavy atom. The average Bonchev–Trinajstić information content (AvgIpc) is 3.57. The quantitative estimate of drug-likeness (QED) is 0.320. The van der Waals surface area contributed by atoms with Crippen LogP contribution in [0.5, 0.6) is 11.5 Å². The van der Waals surface area contributed by atoms with Crippen LogP contribution in [0, 0.1) is 0 Å². The van der Waals surface area contributed by atoms with Crippen LogP contribution in [0.1, 0.15) is 22.7 Å². The summed E-state index contributed by atoms with van der Waals surface area (Å²) in [6, 6.07) is 19.3. The first-order valence-corrected chi connectivity index (χ1v) is 11.4. The molecule has 0 bridgehead atoms. The van der Waals surface area contributed by atoms with E-state index in [1.165, 1.54) is 0 Å². The van der Waals surface area contributed by atoms with E-state index in [1.54, 1.807) is 31.2 Å². The molecule has 0 saturated carbocycles.